The molecule has 3 rings (SSSR count). The van der Waals surface area contributed by atoms with Crippen LogP contribution in [-0.2, 0) is 4.79 Å². The third-order valence-corrected chi connectivity index (χ3v) is 3.86. The first-order chi connectivity index (χ1) is 11.7. The molecule has 3 heterocycles. The number of piperidine rings is 1. The number of rotatable bonds is 5. The zero-order valence-electron chi connectivity index (χ0n) is 13.6. The monoisotopic (exact) mass is 328 g/mol. The van der Waals surface area contributed by atoms with Crippen LogP contribution in [0.5, 0.6) is 6.01 Å². The quantitative estimate of drug-likeness (QED) is 0.889. The summed E-state index contributed by atoms with van der Waals surface area (Å²) in [6, 6.07) is 1.84. The third-order valence-electron chi connectivity index (χ3n) is 3.86. The number of amides is 1. The fraction of sp³-hybridized carbons (Fsp3) is 0.438. The Kier molecular flexibility index (Phi) is 5.15. The predicted molar refractivity (Wildman–Crippen MR) is 88.8 cm³/mol. The second-order valence-electron chi connectivity index (χ2n) is 5.81. The molecule has 1 N–H and O–H groups in total. The van der Waals surface area contributed by atoms with E-state index in [0.29, 0.717) is 11.6 Å². The van der Waals surface area contributed by atoms with Gasteiger partial charge in [-0.1, -0.05) is 6.92 Å². The summed E-state index contributed by atoms with van der Waals surface area (Å²) in [7, 11) is 0. The van der Waals surface area contributed by atoms with Crippen LogP contribution >= 0.6 is 0 Å². The number of carbonyl (C=O) groups is 1. The first kappa shape index (κ1) is 16.1. The van der Waals surface area contributed by atoms with Crippen LogP contribution < -0.4 is 15.0 Å². The first-order valence-electron chi connectivity index (χ1n) is 7.97. The second-order valence-corrected chi connectivity index (χ2v) is 5.81. The van der Waals surface area contributed by atoms with Crippen molar-refractivity contribution in [2.24, 2.45) is 5.92 Å². The van der Waals surface area contributed by atoms with Gasteiger partial charge in [-0.05, 0) is 24.8 Å². The molecule has 0 unspecified atom stereocenters. The minimum Gasteiger partial charge on any atom is -0.453 e. The molecule has 1 fully saturated rings. The van der Waals surface area contributed by atoms with E-state index in [0.717, 1.165) is 31.8 Å². The van der Waals surface area contributed by atoms with Crippen molar-refractivity contribution in [3.05, 3.63) is 30.9 Å². The summed E-state index contributed by atoms with van der Waals surface area (Å²) in [5, 5.41) is 2.69. The van der Waals surface area contributed by atoms with E-state index in [1.54, 1.807) is 30.9 Å². The number of ether oxygens (including phenoxy) is 1. The Bertz CT molecular complexity index is 656. The maximum Gasteiger partial charge on any atom is 0.316 e. The Labute approximate surface area is 140 Å². The molecule has 0 atom stereocenters. The highest BCUT2D eigenvalue weighted by molar-refractivity contribution is 5.91. The van der Waals surface area contributed by atoms with E-state index in [4.69, 9.17) is 4.74 Å². The molecule has 1 aliphatic rings. The van der Waals surface area contributed by atoms with E-state index >= 15 is 0 Å². The van der Waals surface area contributed by atoms with E-state index in [-0.39, 0.29) is 18.5 Å². The fourth-order valence-electron chi connectivity index (χ4n) is 2.44. The van der Waals surface area contributed by atoms with Crippen molar-refractivity contribution in [1.29, 1.82) is 0 Å². The molecule has 0 aromatic carbocycles. The fourth-order valence-corrected chi connectivity index (χ4v) is 2.44. The van der Waals surface area contributed by atoms with Gasteiger partial charge in [0, 0.05) is 25.5 Å². The van der Waals surface area contributed by atoms with Gasteiger partial charge in [-0.25, -0.2) is 19.9 Å². The Morgan fingerprint density at radius 1 is 1.21 bits per heavy atom. The molecule has 1 aliphatic heterocycles. The van der Waals surface area contributed by atoms with Crippen molar-refractivity contribution >= 4 is 17.5 Å². The van der Waals surface area contributed by atoms with Crippen LogP contribution in [0.3, 0.4) is 0 Å². The van der Waals surface area contributed by atoms with Gasteiger partial charge in [-0.2, -0.15) is 0 Å². The lowest BCUT2D eigenvalue weighted by Crippen LogP contribution is -2.34. The topological polar surface area (TPSA) is 93.1 Å². The number of hydrogen-bond acceptors (Lipinski definition) is 7. The van der Waals surface area contributed by atoms with Crippen molar-refractivity contribution < 1.29 is 9.53 Å². The smallest absolute Gasteiger partial charge is 0.316 e. The van der Waals surface area contributed by atoms with Crippen LogP contribution in [-0.4, -0.2) is 45.5 Å². The lowest BCUT2D eigenvalue weighted by Gasteiger charge is -2.30. The minimum atomic E-state index is -0.314. The molecule has 2 aromatic heterocycles. The van der Waals surface area contributed by atoms with Crippen LogP contribution in [0.4, 0.5) is 11.6 Å². The number of hydrogen-bond donors (Lipinski definition) is 1. The number of anilines is 2. The number of nitrogens with one attached hydrogen (secondary N) is 1. The summed E-state index contributed by atoms with van der Waals surface area (Å²) in [4.78, 5) is 30.5. The highest BCUT2D eigenvalue weighted by atomic mass is 16.5. The van der Waals surface area contributed by atoms with Gasteiger partial charge in [0.2, 0.25) is 5.95 Å². The van der Waals surface area contributed by atoms with Gasteiger partial charge < -0.3 is 15.0 Å². The summed E-state index contributed by atoms with van der Waals surface area (Å²) in [6.45, 7) is 4.03. The van der Waals surface area contributed by atoms with Crippen LogP contribution in [0.1, 0.15) is 19.8 Å². The molecule has 0 radical (unpaired) electrons. The highest BCUT2D eigenvalue weighted by Crippen LogP contribution is 2.20. The van der Waals surface area contributed by atoms with Crippen LogP contribution in [0, 0.1) is 5.92 Å². The van der Waals surface area contributed by atoms with E-state index in [1.165, 1.54) is 0 Å². The van der Waals surface area contributed by atoms with Crippen LogP contribution in [0.25, 0.3) is 0 Å². The van der Waals surface area contributed by atoms with Gasteiger partial charge in [0.15, 0.2) is 6.61 Å². The summed E-state index contributed by atoms with van der Waals surface area (Å²) in [5.41, 5.74) is 0.534. The molecule has 0 bridgehead atoms. The minimum absolute atomic E-state index is 0.165. The summed E-state index contributed by atoms with van der Waals surface area (Å²) < 4.78 is 5.19. The molecule has 1 saturated heterocycles. The van der Waals surface area contributed by atoms with Crippen LogP contribution in [0.2, 0.25) is 0 Å². The molecule has 0 spiro atoms. The third kappa shape index (κ3) is 4.37. The summed E-state index contributed by atoms with van der Waals surface area (Å²) in [6.07, 6.45) is 8.62. The van der Waals surface area contributed by atoms with E-state index < -0.39 is 0 Å². The Morgan fingerprint density at radius 2 is 1.88 bits per heavy atom. The lowest BCUT2D eigenvalue weighted by molar-refractivity contribution is -0.118. The Morgan fingerprint density at radius 3 is 2.54 bits per heavy atom. The molecule has 0 aliphatic carbocycles. The van der Waals surface area contributed by atoms with Crippen molar-refractivity contribution in [3.8, 4) is 6.01 Å². The number of aromatic nitrogens is 4. The van der Waals surface area contributed by atoms with E-state index in [9.17, 15) is 4.79 Å². The number of carbonyl (C=O) groups excluding carboxylic acids is 1. The molecule has 8 heteroatoms. The Balaban J connectivity index is 1.49. The first-order valence-corrected chi connectivity index (χ1v) is 7.97. The van der Waals surface area contributed by atoms with Crippen molar-refractivity contribution in [2.75, 3.05) is 29.9 Å². The van der Waals surface area contributed by atoms with Crippen molar-refractivity contribution in [3.63, 3.8) is 0 Å². The average Bonchev–Trinajstić information content (AvgIpc) is 2.62. The van der Waals surface area contributed by atoms with E-state index in [1.807, 2.05) is 0 Å². The number of nitrogens with zero attached hydrogens (tertiary/aromatic N) is 5. The van der Waals surface area contributed by atoms with Crippen molar-refractivity contribution in [1.82, 2.24) is 19.9 Å². The molecule has 1 amide bonds. The lowest BCUT2D eigenvalue weighted by atomic mass is 10.00. The van der Waals surface area contributed by atoms with Gasteiger partial charge >= 0.3 is 6.01 Å². The molecular weight excluding hydrogens is 308 g/mol. The molecule has 24 heavy (non-hydrogen) atoms. The zero-order chi connectivity index (χ0) is 16.8. The van der Waals surface area contributed by atoms with Crippen molar-refractivity contribution in [2.45, 2.75) is 19.8 Å². The molecule has 126 valence electrons. The molecule has 8 nitrogen and oxygen atoms in total. The predicted octanol–water partition coefficient (Wildman–Crippen LogP) is 1.52. The average molecular weight is 328 g/mol. The molecule has 2 aromatic rings. The van der Waals surface area contributed by atoms with E-state index in [2.05, 4.69) is 37.1 Å². The second kappa shape index (κ2) is 7.67. The Hall–Kier alpha value is -2.77. The van der Waals surface area contributed by atoms with Gasteiger partial charge in [0.05, 0.1) is 18.1 Å². The summed E-state index contributed by atoms with van der Waals surface area (Å²) in [5.74, 6) is 1.15. The standard InChI is InChI=1S/C16H20N6O2/c1-12-3-7-22(8-4-12)15-19-9-13(10-20-15)21-14(23)11-24-16-17-5-2-6-18-16/h2,5-6,9-10,12H,3-4,7-8,11H2,1H3,(H,21,23). The maximum atomic E-state index is 11.9. The van der Waals surface area contributed by atoms with Gasteiger partial charge in [-0.3, -0.25) is 4.79 Å². The van der Waals surface area contributed by atoms with Crippen LogP contribution in [0.15, 0.2) is 30.9 Å². The summed E-state index contributed by atoms with van der Waals surface area (Å²) >= 11 is 0. The largest absolute Gasteiger partial charge is 0.453 e. The molecule has 0 saturated carbocycles. The van der Waals surface area contributed by atoms with Gasteiger partial charge in [0.25, 0.3) is 5.91 Å². The highest BCUT2D eigenvalue weighted by Gasteiger charge is 2.17. The normalized spacial score (nSPS) is 15.1. The SMILES string of the molecule is CC1CCN(c2ncc(NC(=O)COc3ncccn3)cn2)CC1. The zero-order valence-corrected chi connectivity index (χ0v) is 13.6. The van der Waals surface area contributed by atoms with Gasteiger partial charge in [-0.15, -0.1) is 0 Å². The maximum absolute atomic E-state index is 11.9. The molecular formula is C16H20N6O2. The van der Waals surface area contributed by atoms with Gasteiger partial charge in [0.1, 0.15) is 0 Å².